The van der Waals surface area contributed by atoms with Crippen molar-refractivity contribution in [3.63, 3.8) is 0 Å². The van der Waals surface area contributed by atoms with Gasteiger partial charge >= 0.3 is 0 Å². The minimum Gasteiger partial charge on any atom is -0.351 e. The molecule has 0 fully saturated rings. The summed E-state index contributed by atoms with van der Waals surface area (Å²) in [4.78, 5) is 13.3. The van der Waals surface area contributed by atoms with Crippen LogP contribution in [0.25, 0.3) is 0 Å². The van der Waals surface area contributed by atoms with E-state index in [0.29, 0.717) is 6.54 Å². The zero-order chi connectivity index (χ0) is 14.4. The van der Waals surface area contributed by atoms with Gasteiger partial charge in [-0.05, 0) is 47.1 Å². The van der Waals surface area contributed by atoms with Gasteiger partial charge in [0.15, 0.2) is 0 Å². The van der Waals surface area contributed by atoms with Crippen molar-refractivity contribution in [1.82, 2.24) is 5.32 Å². The fourth-order valence-corrected chi connectivity index (χ4v) is 4.18. The molecular weight excluding hydrogens is 354 g/mol. The van der Waals surface area contributed by atoms with E-state index in [1.54, 1.807) is 11.3 Å². The number of hydrogen-bond donors (Lipinski definition) is 1. The van der Waals surface area contributed by atoms with E-state index in [9.17, 15) is 4.79 Å². The first-order valence-electron chi connectivity index (χ1n) is 6.32. The fraction of sp³-hybridized carbons (Fsp3) is 0.267. The molecular formula is C15H16BrNOS2. The second-order valence-corrected chi connectivity index (χ2v) is 8.04. The predicted octanol–water partition coefficient (Wildman–Crippen LogP) is 4.48. The number of rotatable bonds is 6. The Balaban J connectivity index is 1.67. The highest BCUT2D eigenvalue weighted by Crippen LogP contribution is 2.25. The van der Waals surface area contributed by atoms with Gasteiger partial charge in [0.2, 0.25) is 0 Å². The number of thiophene rings is 1. The minimum absolute atomic E-state index is 0.00756. The van der Waals surface area contributed by atoms with Crippen molar-refractivity contribution >= 4 is 44.9 Å². The van der Waals surface area contributed by atoms with Gasteiger partial charge in [-0.25, -0.2) is 0 Å². The lowest BCUT2D eigenvalue weighted by molar-refractivity contribution is 0.0956. The van der Waals surface area contributed by atoms with Crippen LogP contribution >= 0.6 is 39.0 Å². The molecule has 0 aliphatic carbocycles. The van der Waals surface area contributed by atoms with Crippen LogP contribution < -0.4 is 5.32 Å². The van der Waals surface area contributed by atoms with Crippen LogP contribution in [-0.2, 0) is 5.75 Å². The highest BCUT2D eigenvalue weighted by molar-refractivity contribution is 9.11. The summed E-state index contributed by atoms with van der Waals surface area (Å²) in [7, 11) is 0. The maximum atomic E-state index is 11.9. The van der Waals surface area contributed by atoms with Crippen LogP contribution in [-0.4, -0.2) is 18.2 Å². The van der Waals surface area contributed by atoms with Crippen molar-refractivity contribution in [1.29, 1.82) is 0 Å². The van der Waals surface area contributed by atoms with E-state index in [2.05, 4.69) is 33.4 Å². The van der Waals surface area contributed by atoms with E-state index < -0.39 is 0 Å². The third-order valence-electron chi connectivity index (χ3n) is 2.69. The van der Waals surface area contributed by atoms with Crippen molar-refractivity contribution in [3.05, 3.63) is 56.2 Å². The zero-order valence-corrected chi connectivity index (χ0v) is 14.4. The first kappa shape index (κ1) is 15.6. The van der Waals surface area contributed by atoms with E-state index in [-0.39, 0.29) is 5.91 Å². The molecule has 0 spiro atoms. The first-order chi connectivity index (χ1) is 9.65. The Labute approximate surface area is 136 Å². The standard InChI is InChI=1S/C15H16BrNOS2/c1-11-3-2-4-12(9-11)15(18)17-7-8-19-10-13-5-6-14(16)20-13/h2-6,9H,7-8,10H2,1H3,(H,17,18). The van der Waals surface area contributed by atoms with Gasteiger partial charge in [0, 0.05) is 28.5 Å². The molecule has 0 unspecified atom stereocenters. The second-order valence-electron chi connectivity index (χ2n) is 4.38. The molecule has 0 atom stereocenters. The van der Waals surface area contributed by atoms with Gasteiger partial charge < -0.3 is 5.32 Å². The quantitative estimate of drug-likeness (QED) is 0.760. The number of carbonyl (C=O) groups is 1. The third-order valence-corrected chi connectivity index (χ3v) is 5.50. The lowest BCUT2D eigenvalue weighted by Gasteiger charge is -2.05. The van der Waals surface area contributed by atoms with Crippen LogP contribution in [0.2, 0.25) is 0 Å². The number of halogens is 1. The van der Waals surface area contributed by atoms with E-state index in [4.69, 9.17) is 0 Å². The molecule has 0 aliphatic rings. The molecule has 1 amide bonds. The molecule has 0 saturated heterocycles. The molecule has 0 aliphatic heterocycles. The van der Waals surface area contributed by atoms with Crippen molar-refractivity contribution in [2.75, 3.05) is 12.3 Å². The smallest absolute Gasteiger partial charge is 0.251 e. The number of hydrogen-bond acceptors (Lipinski definition) is 3. The number of amides is 1. The van der Waals surface area contributed by atoms with Crippen molar-refractivity contribution < 1.29 is 4.79 Å². The summed E-state index contributed by atoms with van der Waals surface area (Å²) in [6.07, 6.45) is 0. The van der Waals surface area contributed by atoms with E-state index >= 15 is 0 Å². The number of aryl methyl sites for hydroxylation is 1. The van der Waals surface area contributed by atoms with Crippen LogP contribution in [0.1, 0.15) is 20.8 Å². The van der Waals surface area contributed by atoms with Crippen molar-refractivity contribution in [2.45, 2.75) is 12.7 Å². The molecule has 2 nitrogen and oxygen atoms in total. The second kappa shape index (κ2) is 7.86. The molecule has 1 aromatic carbocycles. The average Bonchev–Trinajstić information content (AvgIpc) is 2.84. The molecule has 0 bridgehead atoms. The van der Waals surface area contributed by atoms with Gasteiger partial charge in [-0.1, -0.05) is 17.7 Å². The van der Waals surface area contributed by atoms with Crippen LogP contribution in [0.15, 0.2) is 40.2 Å². The molecule has 5 heteroatoms. The topological polar surface area (TPSA) is 29.1 Å². The predicted molar refractivity (Wildman–Crippen MR) is 91.7 cm³/mol. The molecule has 1 N–H and O–H groups in total. The van der Waals surface area contributed by atoms with Crippen LogP contribution in [0.4, 0.5) is 0 Å². The SMILES string of the molecule is Cc1cccc(C(=O)NCCSCc2ccc(Br)s2)c1. The van der Waals surface area contributed by atoms with Gasteiger partial charge in [0.1, 0.15) is 0 Å². The number of thioether (sulfide) groups is 1. The summed E-state index contributed by atoms with van der Waals surface area (Å²) in [5, 5.41) is 2.95. The van der Waals surface area contributed by atoms with Crippen LogP contribution in [0.5, 0.6) is 0 Å². The first-order valence-corrected chi connectivity index (χ1v) is 9.08. The Kier molecular flexibility index (Phi) is 6.13. The number of benzene rings is 1. The summed E-state index contributed by atoms with van der Waals surface area (Å²) in [5.41, 5.74) is 1.84. The molecule has 20 heavy (non-hydrogen) atoms. The molecule has 2 aromatic rings. The van der Waals surface area contributed by atoms with E-state index in [1.165, 1.54) is 8.66 Å². The summed E-state index contributed by atoms with van der Waals surface area (Å²) >= 11 is 7.05. The lowest BCUT2D eigenvalue weighted by Crippen LogP contribution is -2.25. The molecule has 1 aromatic heterocycles. The summed E-state index contributed by atoms with van der Waals surface area (Å²) in [6.45, 7) is 2.69. The van der Waals surface area contributed by atoms with Crippen LogP contribution in [0, 0.1) is 6.92 Å². The Morgan fingerprint density at radius 1 is 1.35 bits per heavy atom. The highest BCUT2D eigenvalue weighted by atomic mass is 79.9. The van der Waals surface area contributed by atoms with Gasteiger partial charge in [0.25, 0.3) is 5.91 Å². The zero-order valence-electron chi connectivity index (χ0n) is 11.2. The van der Waals surface area contributed by atoms with E-state index in [1.807, 2.05) is 43.0 Å². The van der Waals surface area contributed by atoms with Gasteiger partial charge in [0.05, 0.1) is 3.79 Å². The Morgan fingerprint density at radius 2 is 2.20 bits per heavy atom. The minimum atomic E-state index is 0.00756. The van der Waals surface area contributed by atoms with Gasteiger partial charge in [-0.15, -0.1) is 11.3 Å². The normalized spacial score (nSPS) is 10.5. The Hall–Kier alpha value is -0.780. The van der Waals surface area contributed by atoms with Crippen LogP contribution in [0.3, 0.4) is 0 Å². The summed E-state index contributed by atoms with van der Waals surface area (Å²) in [5.74, 6) is 1.93. The highest BCUT2D eigenvalue weighted by Gasteiger charge is 2.04. The average molecular weight is 370 g/mol. The summed E-state index contributed by atoms with van der Waals surface area (Å²) < 4.78 is 1.17. The largest absolute Gasteiger partial charge is 0.351 e. The fourth-order valence-electron chi connectivity index (χ4n) is 1.73. The molecule has 106 valence electrons. The molecule has 1 heterocycles. The molecule has 2 rings (SSSR count). The number of nitrogens with one attached hydrogen (secondary N) is 1. The maximum Gasteiger partial charge on any atom is 0.251 e. The van der Waals surface area contributed by atoms with Crippen molar-refractivity contribution in [2.24, 2.45) is 0 Å². The Morgan fingerprint density at radius 3 is 2.90 bits per heavy atom. The van der Waals surface area contributed by atoms with Gasteiger partial charge in [-0.3, -0.25) is 4.79 Å². The monoisotopic (exact) mass is 369 g/mol. The molecule has 0 radical (unpaired) electrons. The summed E-state index contributed by atoms with van der Waals surface area (Å²) in [6, 6.07) is 11.9. The van der Waals surface area contributed by atoms with E-state index in [0.717, 1.165) is 22.6 Å². The molecule has 0 saturated carbocycles. The Bertz CT molecular complexity index is 583. The lowest BCUT2D eigenvalue weighted by atomic mass is 10.1. The van der Waals surface area contributed by atoms with Crippen molar-refractivity contribution in [3.8, 4) is 0 Å². The maximum absolute atomic E-state index is 11.9. The number of carbonyl (C=O) groups excluding carboxylic acids is 1. The third kappa shape index (κ3) is 4.96. The van der Waals surface area contributed by atoms with Gasteiger partial charge in [-0.2, -0.15) is 11.8 Å².